The quantitative estimate of drug-likeness (QED) is 0.288. The molecule has 0 radical (unpaired) electrons. The van der Waals surface area contributed by atoms with E-state index in [0.717, 1.165) is 11.1 Å². The molecular weight excluding hydrogens is 550 g/mol. The number of rotatable bonds is 4. The molecule has 8 nitrogen and oxygen atoms in total. The number of benzene rings is 4. The van der Waals surface area contributed by atoms with Crippen LogP contribution < -0.4 is 10.2 Å². The number of hydrogen-bond donors (Lipinski definition) is 2. The minimum atomic E-state index is -1.96. The molecule has 1 fully saturated rings. The van der Waals surface area contributed by atoms with Crippen molar-refractivity contribution in [2.45, 2.75) is 17.5 Å². The number of amides is 2. The number of Topliss-reactive ketones (excluding diaryl/α,β-unsaturated/α-hetero) is 1. The number of likely N-dealkylation sites (tertiary alicyclic amines) is 1. The van der Waals surface area contributed by atoms with Crippen LogP contribution in [0.5, 0.6) is 0 Å². The van der Waals surface area contributed by atoms with E-state index in [1.54, 1.807) is 47.3 Å². The molecule has 0 saturated carbocycles. The molecule has 0 bridgehead atoms. The number of nitriles is 1. The van der Waals surface area contributed by atoms with Gasteiger partial charge in [-0.05, 0) is 36.4 Å². The first kappa shape index (κ1) is 26.1. The van der Waals surface area contributed by atoms with Crippen molar-refractivity contribution >= 4 is 39.9 Å². The van der Waals surface area contributed by atoms with Gasteiger partial charge in [0.15, 0.2) is 11.2 Å². The molecule has 3 aliphatic heterocycles. The second-order valence-electron chi connectivity index (χ2n) is 11.8. The molecule has 1 aromatic heterocycles. The number of nitrogens with zero attached hydrogens (tertiary/aromatic N) is 3. The molecule has 5 aromatic rings. The third-order valence-corrected chi connectivity index (χ3v) is 9.88. The first-order chi connectivity index (χ1) is 21.4. The highest BCUT2D eigenvalue weighted by atomic mass is 16.2. The number of aromatic amines is 1. The van der Waals surface area contributed by atoms with Gasteiger partial charge in [0.1, 0.15) is 11.0 Å². The summed E-state index contributed by atoms with van der Waals surface area (Å²) in [5.41, 5.74) is -1.39. The Morgan fingerprint density at radius 2 is 1.57 bits per heavy atom. The SMILES string of the molecule is CN1C[C@](C#N)(C(=O)c2c[nH]c3ccccc23)[C@]2(C(=O)Nc3ccccc32)[C@@]12C(=O)N(Cc1ccccc1)c1ccccc12. The number of carbonyl (C=O) groups excluding carboxylic acids is 3. The molecule has 2 amide bonds. The van der Waals surface area contributed by atoms with E-state index in [-0.39, 0.29) is 19.0 Å². The van der Waals surface area contributed by atoms with Crippen molar-refractivity contribution in [1.82, 2.24) is 9.88 Å². The zero-order chi connectivity index (χ0) is 30.3. The second-order valence-corrected chi connectivity index (χ2v) is 11.8. The number of aromatic nitrogens is 1. The molecule has 3 atom stereocenters. The fourth-order valence-corrected chi connectivity index (χ4v) is 8.22. The van der Waals surface area contributed by atoms with Crippen molar-refractivity contribution in [3.63, 3.8) is 0 Å². The second kappa shape index (κ2) is 8.99. The molecule has 4 aromatic carbocycles. The summed E-state index contributed by atoms with van der Waals surface area (Å²) >= 11 is 0. The maximum Gasteiger partial charge on any atom is 0.254 e. The molecule has 0 unspecified atom stereocenters. The van der Waals surface area contributed by atoms with E-state index >= 15 is 9.59 Å². The molecule has 2 N–H and O–H groups in total. The van der Waals surface area contributed by atoms with Crippen LogP contribution in [0.4, 0.5) is 11.4 Å². The molecule has 1 saturated heterocycles. The van der Waals surface area contributed by atoms with Crippen LogP contribution in [0.25, 0.3) is 10.9 Å². The van der Waals surface area contributed by atoms with Crippen molar-refractivity contribution in [3.05, 3.63) is 132 Å². The van der Waals surface area contributed by atoms with Gasteiger partial charge in [-0.1, -0.05) is 84.9 Å². The van der Waals surface area contributed by atoms with Crippen LogP contribution in [0, 0.1) is 16.7 Å². The summed E-state index contributed by atoms with van der Waals surface area (Å²) in [5.74, 6) is -1.39. The summed E-state index contributed by atoms with van der Waals surface area (Å²) in [6, 6.07) is 34.0. The molecule has 8 rings (SSSR count). The van der Waals surface area contributed by atoms with E-state index in [9.17, 15) is 10.1 Å². The number of carbonyl (C=O) groups is 3. The van der Waals surface area contributed by atoms with Gasteiger partial charge in [0.25, 0.3) is 5.91 Å². The smallest absolute Gasteiger partial charge is 0.254 e. The molecule has 0 aliphatic carbocycles. The molecule has 8 heteroatoms. The minimum absolute atomic E-state index is 0.136. The van der Waals surface area contributed by atoms with Crippen molar-refractivity contribution < 1.29 is 14.4 Å². The van der Waals surface area contributed by atoms with Gasteiger partial charge in [-0.15, -0.1) is 0 Å². The van der Waals surface area contributed by atoms with Gasteiger partial charge in [0.05, 0.1) is 12.6 Å². The lowest BCUT2D eigenvalue weighted by Gasteiger charge is -2.45. The average molecular weight is 578 g/mol. The van der Waals surface area contributed by atoms with Gasteiger partial charge < -0.3 is 15.2 Å². The standard InChI is InChI=1S/C36H27N5O3/c1-40-22-34(21-37,31(42)25-19-38-28-16-8-5-13-24(25)28)35(26-14-6-9-17-29(26)39-32(35)43)36(40)27-15-7-10-18-30(27)41(33(36)44)20-23-11-3-2-4-12-23/h2-19,38H,20,22H2,1H3,(H,39,43)/t34-,35+,36-/m1/s1. The fraction of sp³-hybridized carbons (Fsp3) is 0.167. The number of likely N-dealkylation sites (N-methyl/N-ethyl adjacent to an activating group) is 1. The molecular formula is C36H27N5O3. The van der Waals surface area contributed by atoms with Gasteiger partial charge >= 0.3 is 0 Å². The Morgan fingerprint density at radius 3 is 2.36 bits per heavy atom. The highest BCUT2D eigenvalue weighted by Crippen LogP contribution is 2.69. The van der Waals surface area contributed by atoms with Crippen LogP contribution in [0.2, 0.25) is 0 Å². The lowest BCUT2D eigenvalue weighted by atomic mass is 9.51. The first-order valence-corrected chi connectivity index (χ1v) is 14.5. The lowest BCUT2D eigenvalue weighted by Crippen LogP contribution is -2.65. The van der Waals surface area contributed by atoms with Gasteiger partial charge in [0.2, 0.25) is 5.91 Å². The first-order valence-electron chi connectivity index (χ1n) is 14.5. The van der Waals surface area contributed by atoms with Crippen molar-refractivity contribution in [1.29, 1.82) is 5.26 Å². The van der Waals surface area contributed by atoms with Crippen molar-refractivity contribution in [3.8, 4) is 6.07 Å². The number of anilines is 2. The maximum absolute atomic E-state index is 15.3. The summed E-state index contributed by atoms with van der Waals surface area (Å²) < 4.78 is 0. The largest absolute Gasteiger partial charge is 0.360 e. The molecule has 214 valence electrons. The van der Waals surface area contributed by atoms with E-state index in [0.29, 0.717) is 33.5 Å². The predicted octanol–water partition coefficient (Wildman–Crippen LogP) is 5.14. The van der Waals surface area contributed by atoms with Crippen molar-refractivity contribution in [2.75, 3.05) is 23.8 Å². The third-order valence-electron chi connectivity index (χ3n) is 9.88. The van der Waals surface area contributed by atoms with Crippen LogP contribution in [-0.2, 0) is 27.1 Å². The Hall–Kier alpha value is -5.52. The maximum atomic E-state index is 15.3. The monoisotopic (exact) mass is 577 g/mol. The lowest BCUT2D eigenvalue weighted by molar-refractivity contribution is -0.139. The topological polar surface area (TPSA) is 109 Å². The number of H-pyrrole nitrogens is 1. The Kier molecular flexibility index (Phi) is 5.34. The number of para-hydroxylation sites is 3. The number of nitrogens with one attached hydrogen (secondary N) is 2. The van der Waals surface area contributed by atoms with Gasteiger partial charge in [0, 0.05) is 46.1 Å². The summed E-state index contributed by atoms with van der Waals surface area (Å²) in [6.45, 7) is 0.129. The summed E-state index contributed by atoms with van der Waals surface area (Å²) in [7, 11) is 1.75. The van der Waals surface area contributed by atoms with E-state index < -0.39 is 28.1 Å². The molecule has 3 aliphatic rings. The van der Waals surface area contributed by atoms with Crippen LogP contribution >= 0.6 is 0 Å². The Bertz CT molecular complexity index is 2080. The highest BCUT2D eigenvalue weighted by molar-refractivity contribution is 6.24. The minimum Gasteiger partial charge on any atom is -0.360 e. The number of ketones is 1. The zero-order valence-corrected chi connectivity index (χ0v) is 23.9. The number of fused-ring (bicyclic) bond motifs is 6. The normalized spacial score (nSPS) is 25.4. The summed E-state index contributed by atoms with van der Waals surface area (Å²) in [6.07, 6.45) is 1.61. The zero-order valence-electron chi connectivity index (χ0n) is 23.9. The Morgan fingerprint density at radius 1 is 0.886 bits per heavy atom. The van der Waals surface area contributed by atoms with Gasteiger partial charge in [-0.25, -0.2) is 0 Å². The van der Waals surface area contributed by atoms with E-state index in [1.165, 1.54) is 0 Å². The van der Waals surface area contributed by atoms with Gasteiger partial charge in [-0.3, -0.25) is 19.3 Å². The molecule has 2 spiro atoms. The van der Waals surface area contributed by atoms with E-state index in [1.807, 2.05) is 78.9 Å². The fourth-order valence-electron chi connectivity index (χ4n) is 8.22. The molecule has 44 heavy (non-hydrogen) atoms. The highest BCUT2D eigenvalue weighted by Gasteiger charge is 2.84. The average Bonchev–Trinajstić information content (AvgIpc) is 3.75. The van der Waals surface area contributed by atoms with E-state index in [4.69, 9.17) is 0 Å². The summed E-state index contributed by atoms with van der Waals surface area (Å²) in [5, 5.41) is 15.0. The van der Waals surface area contributed by atoms with Crippen LogP contribution in [0.3, 0.4) is 0 Å². The van der Waals surface area contributed by atoms with Crippen molar-refractivity contribution in [2.24, 2.45) is 5.41 Å². The van der Waals surface area contributed by atoms with Gasteiger partial charge in [-0.2, -0.15) is 5.26 Å². The predicted molar refractivity (Wildman–Crippen MR) is 166 cm³/mol. The van der Waals surface area contributed by atoms with Crippen LogP contribution in [0.1, 0.15) is 27.0 Å². The Balaban J connectivity index is 1.45. The van der Waals surface area contributed by atoms with E-state index in [2.05, 4.69) is 16.4 Å². The molecule has 4 heterocycles. The van der Waals surface area contributed by atoms with Crippen LogP contribution in [0.15, 0.2) is 109 Å². The number of hydrogen-bond acceptors (Lipinski definition) is 5. The summed E-state index contributed by atoms with van der Waals surface area (Å²) in [4.78, 5) is 51.9. The Labute approximate surface area is 253 Å². The third kappa shape index (κ3) is 2.87. The van der Waals surface area contributed by atoms with Crippen LogP contribution in [-0.4, -0.2) is 41.1 Å².